The van der Waals surface area contributed by atoms with Gasteiger partial charge in [-0.15, -0.1) is 0 Å². The van der Waals surface area contributed by atoms with Crippen molar-refractivity contribution in [3.8, 4) is 5.75 Å². The molecule has 0 atom stereocenters. The Morgan fingerprint density at radius 3 is 2.53 bits per heavy atom. The van der Waals surface area contributed by atoms with Gasteiger partial charge in [0.05, 0.1) is 13.0 Å². The lowest BCUT2D eigenvalue weighted by Gasteiger charge is -2.08. The molecule has 4 nitrogen and oxygen atoms in total. The van der Waals surface area contributed by atoms with Crippen molar-refractivity contribution in [3.63, 3.8) is 0 Å². The van der Waals surface area contributed by atoms with Crippen LogP contribution in [0.2, 0.25) is 0 Å². The molecule has 17 heavy (non-hydrogen) atoms. The molecule has 0 saturated carbocycles. The van der Waals surface area contributed by atoms with Gasteiger partial charge in [0.25, 0.3) is 0 Å². The predicted molar refractivity (Wildman–Crippen MR) is 68.1 cm³/mol. The van der Waals surface area contributed by atoms with Crippen molar-refractivity contribution in [1.82, 2.24) is 5.32 Å². The van der Waals surface area contributed by atoms with Crippen molar-refractivity contribution in [3.05, 3.63) is 29.3 Å². The topological polar surface area (TPSA) is 64.3 Å². The van der Waals surface area contributed by atoms with Gasteiger partial charge in [-0.1, -0.05) is 6.07 Å². The minimum absolute atomic E-state index is 0.0279. The number of hydrogen-bond donors (Lipinski definition) is 2. The van der Waals surface area contributed by atoms with Gasteiger partial charge in [0.1, 0.15) is 5.75 Å². The monoisotopic (exact) mass is 236 g/mol. The van der Waals surface area contributed by atoms with E-state index in [-0.39, 0.29) is 5.91 Å². The molecule has 0 heterocycles. The Hall–Kier alpha value is -1.55. The number of nitrogens with two attached hydrogens (primary N) is 1. The largest absolute Gasteiger partial charge is 0.493 e. The number of carbonyl (C=O) groups excluding carboxylic acids is 1. The molecule has 0 spiro atoms. The van der Waals surface area contributed by atoms with Gasteiger partial charge in [0, 0.05) is 13.1 Å². The molecule has 1 rings (SSSR count). The van der Waals surface area contributed by atoms with Gasteiger partial charge >= 0.3 is 0 Å². The fraction of sp³-hybridized carbons (Fsp3) is 0.462. The van der Waals surface area contributed by atoms with Crippen molar-refractivity contribution in [2.24, 2.45) is 5.73 Å². The maximum Gasteiger partial charge on any atom is 0.223 e. The summed E-state index contributed by atoms with van der Waals surface area (Å²) in [5.41, 5.74) is 7.60. The molecular formula is C13H20N2O2. The van der Waals surface area contributed by atoms with E-state index in [0.29, 0.717) is 26.1 Å². The second-order valence-electron chi connectivity index (χ2n) is 4.06. The molecule has 0 aliphatic rings. The normalized spacial score (nSPS) is 10.1. The van der Waals surface area contributed by atoms with Crippen LogP contribution in [0.4, 0.5) is 0 Å². The molecular weight excluding hydrogens is 216 g/mol. The molecule has 0 unspecified atom stereocenters. The molecule has 1 aromatic carbocycles. The molecule has 1 amide bonds. The number of carbonyl (C=O) groups is 1. The second kappa shape index (κ2) is 6.91. The molecule has 0 fully saturated rings. The number of rotatable bonds is 6. The Labute approximate surface area is 102 Å². The summed E-state index contributed by atoms with van der Waals surface area (Å²) in [6, 6.07) is 6.01. The number of amides is 1. The van der Waals surface area contributed by atoms with Crippen molar-refractivity contribution >= 4 is 5.91 Å². The summed E-state index contributed by atoms with van der Waals surface area (Å²) >= 11 is 0. The molecule has 1 aromatic rings. The highest BCUT2D eigenvalue weighted by molar-refractivity contribution is 5.75. The third-order valence-electron chi connectivity index (χ3n) is 2.26. The smallest absolute Gasteiger partial charge is 0.223 e. The molecule has 0 saturated heterocycles. The van der Waals surface area contributed by atoms with E-state index < -0.39 is 0 Å². The van der Waals surface area contributed by atoms with Crippen LogP contribution >= 0.6 is 0 Å². The molecule has 94 valence electrons. The number of hydrogen-bond acceptors (Lipinski definition) is 3. The van der Waals surface area contributed by atoms with Crippen LogP contribution in [0.3, 0.4) is 0 Å². The highest BCUT2D eigenvalue weighted by Gasteiger charge is 2.01. The van der Waals surface area contributed by atoms with Gasteiger partial charge in [0.2, 0.25) is 5.91 Å². The van der Waals surface area contributed by atoms with Crippen LogP contribution in [0, 0.1) is 13.8 Å². The van der Waals surface area contributed by atoms with Crippen LogP contribution in [-0.2, 0) is 4.79 Å². The van der Waals surface area contributed by atoms with E-state index in [4.69, 9.17) is 10.5 Å². The summed E-state index contributed by atoms with van der Waals surface area (Å²) in [6.07, 6.45) is 0.354. The first-order valence-electron chi connectivity index (χ1n) is 5.79. The Balaban J connectivity index is 2.33. The molecule has 0 radical (unpaired) electrons. The zero-order valence-corrected chi connectivity index (χ0v) is 10.5. The second-order valence-corrected chi connectivity index (χ2v) is 4.06. The number of aryl methyl sites for hydroxylation is 2. The number of nitrogens with one attached hydrogen (secondary N) is 1. The third-order valence-corrected chi connectivity index (χ3v) is 2.26. The third kappa shape index (κ3) is 5.36. The lowest BCUT2D eigenvalue weighted by atomic mass is 10.1. The van der Waals surface area contributed by atoms with Crippen molar-refractivity contribution in [2.75, 3.05) is 19.7 Å². The molecule has 0 aliphatic carbocycles. The Morgan fingerprint density at radius 1 is 1.29 bits per heavy atom. The fourth-order valence-corrected chi connectivity index (χ4v) is 1.58. The van der Waals surface area contributed by atoms with Crippen molar-refractivity contribution in [2.45, 2.75) is 20.3 Å². The summed E-state index contributed by atoms with van der Waals surface area (Å²) < 4.78 is 5.53. The van der Waals surface area contributed by atoms with Crippen LogP contribution < -0.4 is 15.8 Å². The SMILES string of the molecule is Cc1cc(C)cc(OCCC(=O)NCCN)c1. The highest BCUT2D eigenvalue weighted by atomic mass is 16.5. The van der Waals surface area contributed by atoms with E-state index in [2.05, 4.69) is 11.4 Å². The summed E-state index contributed by atoms with van der Waals surface area (Å²) in [4.78, 5) is 11.3. The summed E-state index contributed by atoms with van der Waals surface area (Å²) in [5, 5.41) is 2.70. The van der Waals surface area contributed by atoms with Gasteiger partial charge in [-0.25, -0.2) is 0 Å². The number of ether oxygens (including phenoxy) is 1. The molecule has 0 aliphatic heterocycles. The first-order valence-corrected chi connectivity index (χ1v) is 5.79. The van der Waals surface area contributed by atoms with Crippen molar-refractivity contribution in [1.29, 1.82) is 0 Å². The van der Waals surface area contributed by atoms with Gasteiger partial charge in [-0.3, -0.25) is 4.79 Å². The standard InChI is InChI=1S/C13H20N2O2/c1-10-7-11(2)9-12(8-10)17-6-3-13(16)15-5-4-14/h7-9H,3-6,14H2,1-2H3,(H,15,16). The van der Waals surface area contributed by atoms with Crippen LogP contribution in [0.15, 0.2) is 18.2 Å². The van der Waals surface area contributed by atoms with E-state index in [9.17, 15) is 4.79 Å². The Morgan fingerprint density at radius 2 is 1.94 bits per heavy atom. The first-order chi connectivity index (χ1) is 8.11. The minimum Gasteiger partial charge on any atom is -0.493 e. The Kier molecular flexibility index (Phi) is 5.49. The van der Waals surface area contributed by atoms with Crippen molar-refractivity contribution < 1.29 is 9.53 Å². The lowest BCUT2D eigenvalue weighted by Crippen LogP contribution is -2.29. The molecule has 0 aromatic heterocycles. The zero-order chi connectivity index (χ0) is 12.7. The van der Waals surface area contributed by atoms with Crippen LogP contribution in [0.25, 0.3) is 0 Å². The summed E-state index contributed by atoms with van der Waals surface area (Å²) in [7, 11) is 0. The molecule has 0 bridgehead atoms. The summed E-state index contributed by atoms with van der Waals surface area (Å²) in [6.45, 7) is 5.41. The maximum atomic E-state index is 11.3. The van der Waals surface area contributed by atoms with Gasteiger partial charge in [0.15, 0.2) is 0 Å². The molecule has 3 N–H and O–H groups in total. The number of benzene rings is 1. The van der Waals surface area contributed by atoms with Crippen LogP contribution in [0.5, 0.6) is 5.75 Å². The van der Waals surface area contributed by atoms with Gasteiger partial charge in [-0.2, -0.15) is 0 Å². The summed E-state index contributed by atoms with van der Waals surface area (Å²) in [5.74, 6) is 0.786. The van der Waals surface area contributed by atoms with Crippen LogP contribution in [0.1, 0.15) is 17.5 Å². The first kappa shape index (κ1) is 13.5. The average Bonchev–Trinajstić information content (AvgIpc) is 2.25. The maximum absolute atomic E-state index is 11.3. The predicted octanol–water partition coefficient (Wildman–Crippen LogP) is 1.15. The van der Waals surface area contributed by atoms with E-state index in [0.717, 1.165) is 16.9 Å². The average molecular weight is 236 g/mol. The van der Waals surface area contributed by atoms with Gasteiger partial charge in [-0.05, 0) is 37.1 Å². The van der Waals surface area contributed by atoms with E-state index in [1.165, 1.54) is 0 Å². The van der Waals surface area contributed by atoms with E-state index in [1.807, 2.05) is 26.0 Å². The van der Waals surface area contributed by atoms with Crippen LogP contribution in [-0.4, -0.2) is 25.6 Å². The van der Waals surface area contributed by atoms with E-state index >= 15 is 0 Å². The van der Waals surface area contributed by atoms with E-state index in [1.54, 1.807) is 0 Å². The quantitative estimate of drug-likeness (QED) is 0.778. The Bertz CT molecular complexity index is 357. The fourth-order valence-electron chi connectivity index (χ4n) is 1.58. The lowest BCUT2D eigenvalue weighted by molar-refractivity contribution is -0.121. The molecule has 4 heteroatoms. The minimum atomic E-state index is -0.0279. The zero-order valence-electron chi connectivity index (χ0n) is 10.5. The van der Waals surface area contributed by atoms with Gasteiger partial charge < -0.3 is 15.8 Å². The highest BCUT2D eigenvalue weighted by Crippen LogP contribution is 2.16.